The summed E-state index contributed by atoms with van der Waals surface area (Å²) in [7, 11) is 0. The van der Waals surface area contributed by atoms with Gasteiger partial charge in [-0.05, 0) is 18.2 Å². The van der Waals surface area contributed by atoms with E-state index in [1.165, 1.54) is 12.1 Å². The van der Waals surface area contributed by atoms with Crippen molar-refractivity contribution in [2.45, 2.75) is 12.0 Å². The van der Waals surface area contributed by atoms with Crippen LogP contribution in [0.1, 0.15) is 16.8 Å². The minimum atomic E-state index is -0.974. The first-order valence-corrected chi connectivity index (χ1v) is 6.29. The number of aliphatic hydroxyl groups is 1. The number of rotatable bonds is 3. The number of halogens is 2. The van der Waals surface area contributed by atoms with Crippen molar-refractivity contribution in [2.24, 2.45) is 0 Å². The number of nitrogens with one attached hydrogen (secondary N) is 1. The van der Waals surface area contributed by atoms with E-state index in [2.05, 4.69) is 5.32 Å². The molecular formula is C12H13Cl2NO3. The monoisotopic (exact) mass is 289 g/mol. The Bertz CT molecular complexity index is 438. The van der Waals surface area contributed by atoms with Gasteiger partial charge in [0.1, 0.15) is 5.60 Å². The first kappa shape index (κ1) is 13.6. The van der Waals surface area contributed by atoms with Crippen molar-refractivity contribution in [1.29, 1.82) is 0 Å². The van der Waals surface area contributed by atoms with E-state index in [0.29, 0.717) is 28.6 Å². The van der Waals surface area contributed by atoms with Crippen LogP contribution in [0.2, 0.25) is 10.0 Å². The van der Waals surface area contributed by atoms with E-state index < -0.39 is 5.60 Å². The molecule has 98 valence electrons. The number of benzene rings is 1. The fourth-order valence-electron chi connectivity index (χ4n) is 1.77. The average molecular weight is 290 g/mol. The van der Waals surface area contributed by atoms with Crippen LogP contribution in [-0.4, -0.2) is 36.4 Å². The molecule has 2 rings (SSSR count). The van der Waals surface area contributed by atoms with Crippen molar-refractivity contribution in [3.05, 3.63) is 33.8 Å². The molecule has 2 N–H and O–H groups in total. The van der Waals surface area contributed by atoms with Gasteiger partial charge in [-0.1, -0.05) is 23.2 Å². The molecule has 18 heavy (non-hydrogen) atoms. The van der Waals surface area contributed by atoms with E-state index in [9.17, 15) is 9.90 Å². The Balaban J connectivity index is 1.99. The summed E-state index contributed by atoms with van der Waals surface area (Å²) in [6.07, 6.45) is 0.517. The van der Waals surface area contributed by atoms with Gasteiger partial charge in [-0.2, -0.15) is 0 Å². The van der Waals surface area contributed by atoms with Crippen molar-refractivity contribution >= 4 is 29.1 Å². The number of amides is 1. The van der Waals surface area contributed by atoms with E-state index in [1.54, 1.807) is 6.07 Å². The quantitative estimate of drug-likeness (QED) is 0.893. The Hall–Kier alpha value is -0.810. The van der Waals surface area contributed by atoms with E-state index >= 15 is 0 Å². The van der Waals surface area contributed by atoms with Gasteiger partial charge in [0.25, 0.3) is 5.91 Å². The van der Waals surface area contributed by atoms with Crippen LogP contribution in [0, 0.1) is 0 Å². The van der Waals surface area contributed by atoms with Crippen LogP contribution in [0.25, 0.3) is 0 Å². The number of hydrogen-bond acceptors (Lipinski definition) is 3. The maximum absolute atomic E-state index is 11.9. The van der Waals surface area contributed by atoms with Gasteiger partial charge >= 0.3 is 0 Å². The summed E-state index contributed by atoms with van der Waals surface area (Å²) in [6.45, 7) is 0.898. The molecule has 1 aliphatic heterocycles. The van der Waals surface area contributed by atoms with Gasteiger partial charge in [-0.3, -0.25) is 4.79 Å². The van der Waals surface area contributed by atoms with Crippen LogP contribution < -0.4 is 5.32 Å². The predicted octanol–water partition coefficient (Wildman–Crippen LogP) is 1.87. The van der Waals surface area contributed by atoms with Crippen LogP contribution in [0.15, 0.2) is 18.2 Å². The van der Waals surface area contributed by atoms with Crippen LogP contribution in [-0.2, 0) is 4.74 Å². The summed E-state index contributed by atoms with van der Waals surface area (Å²) in [5, 5.41) is 13.5. The van der Waals surface area contributed by atoms with Gasteiger partial charge in [0.05, 0.1) is 6.61 Å². The van der Waals surface area contributed by atoms with Gasteiger partial charge < -0.3 is 15.2 Å². The lowest BCUT2D eigenvalue weighted by atomic mass is 10.0. The maximum Gasteiger partial charge on any atom is 0.251 e. The summed E-state index contributed by atoms with van der Waals surface area (Å²) >= 11 is 11.6. The van der Waals surface area contributed by atoms with Gasteiger partial charge in [-0.15, -0.1) is 0 Å². The zero-order chi connectivity index (χ0) is 13.2. The number of hydrogen-bond donors (Lipinski definition) is 2. The van der Waals surface area contributed by atoms with Crippen LogP contribution >= 0.6 is 23.2 Å². The second-order valence-electron chi connectivity index (χ2n) is 4.37. The lowest BCUT2D eigenvalue weighted by Crippen LogP contribution is -2.43. The summed E-state index contributed by atoms with van der Waals surface area (Å²) < 4.78 is 5.09. The number of carbonyl (C=O) groups is 1. The van der Waals surface area contributed by atoms with E-state index in [4.69, 9.17) is 27.9 Å². The van der Waals surface area contributed by atoms with Crippen molar-refractivity contribution < 1.29 is 14.6 Å². The highest BCUT2D eigenvalue weighted by Crippen LogP contribution is 2.20. The van der Waals surface area contributed by atoms with Crippen molar-refractivity contribution in [2.75, 3.05) is 19.8 Å². The Morgan fingerprint density at radius 1 is 1.39 bits per heavy atom. The Morgan fingerprint density at radius 2 is 2.06 bits per heavy atom. The lowest BCUT2D eigenvalue weighted by Gasteiger charge is -2.20. The fraction of sp³-hybridized carbons (Fsp3) is 0.417. The van der Waals surface area contributed by atoms with Crippen LogP contribution in [0.4, 0.5) is 0 Å². The first-order chi connectivity index (χ1) is 8.48. The van der Waals surface area contributed by atoms with E-state index in [0.717, 1.165) is 0 Å². The third kappa shape index (κ3) is 3.36. The van der Waals surface area contributed by atoms with Crippen molar-refractivity contribution in [1.82, 2.24) is 5.32 Å². The van der Waals surface area contributed by atoms with Crippen molar-refractivity contribution in [3.63, 3.8) is 0 Å². The van der Waals surface area contributed by atoms with Gasteiger partial charge in [0.2, 0.25) is 0 Å². The fourth-order valence-corrected chi connectivity index (χ4v) is 2.29. The molecule has 1 unspecified atom stereocenters. The topological polar surface area (TPSA) is 58.6 Å². The summed E-state index contributed by atoms with van der Waals surface area (Å²) in [6, 6.07) is 4.61. The largest absolute Gasteiger partial charge is 0.386 e. The van der Waals surface area contributed by atoms with Gasteiger partial charge in [-0.25, -0.2) is 0 Å². The molecule has 0 aromatic heterocycles. The van der Waals surface area contributed by atoms with E-state index in [1.807, 2.05) is 0 Å². The molecule has 1 atom stereocenters. The average Bonchev–Trinajstić information content (AvgIpc) is 2.72. The SMILES string of the molecule is O=C(NCC1(O)CCOC1)c1cc(Cl)cc(Cl)c1. The molecular weight excluding hydrogens is 277 g/mol. The standard InChI is InChI=1S/C12H13Cl2NO3/c13-9-3-8(4-10(14)5-9)11(16)15-6-12(17)1-2-18-7-12/h3-5,17H,1-2,6-7H2,(H,15,16). The Labute approximate surface area is 115 Å². The molecule has 0 spiro atoms. The van der Waals surface area contributed by atoms with Crippen LogP contribution in [0.5, 0.6) is 0 Å². The molecule has 6 heteroatoms. The van der Waals surface area contributed by atoms with Crippen molar-refractivity contribution in [3.8, 4) is 0 Å². The highest BCUT2D eigenvalue weighted by atomic mass is 35.5. The molecule has 1 fully saturated rings. The minimum absolute atomic E-state index is 0.149. The van der Waals surface area contributed by atoms with Gasteiger partial charge in [0.15, 0.2) is 0 Å². The molecule has 4 nitrogen and oxygen atoms in total. The molecule has 0 saturated carbocycles. The molecule has 0 radical (unpaired) electrons. The van der Waals surface area contributed by atoms with E-state index in [-0.39, 0.29) is 19.1 Å². The smallest absolute Gasteiger partial charge is 0.251 e. The second kappa shape index (κ2) is 5.45. The molecule has 0 aliphatic carbocycles. The molecule has 1 aromatic carbocycles. The normalized spacial score (nSPS) is 23.1. The number of ether oxygens (including phenoxy) is 1. The Morgan fingerprint density at radius 3 is 2.61 bits per heavy atom. The molecule has 1 aromatic rings. The lowest BCUT2D eigenvalue weighted by molar-refractivity contribution is 0.0264. The summed E-state index contributed by atoms with van der Waals surface area (Å²) in [4.78, 5) is 11.9. The third-order valence-electron chi connectivity index (χ3n) is 2.79. The minimum Gasteiger partial charge on any atom is -0.386 e. The predicted molar refractivity (Wildman–Crippen MR) is 69.2 cm³/mol. The molecule has 1 aliphatic rings. The van der Waals surface area contributed by atoms with Gasteiger partial charge in [0, 0.05) is 35.2 Å². The highest BCUT2D eigenvalue weighted by Gasteiger charge is 2.32. The third-order valence-corrected chi connectivity index (χ3v) is 3.22. The number of carbonyl (C=O) groups excluding carboxylic acids is 1. The van der Waals surface area contributed by atoms with Crippen LogP contribution in [0.3, 0.4) is 0 Å². The maximum atomic E-state index is 11.9. The molecule has 1 amide bonds. The molecule has 0 bridgehead atoms. The summed E-state index contributed by atoms with van der Waals surface area (Å²) in [5.74, 6) is -0.320. The summed E-state index contributed by atoms with van der Waals surface area (Å²) in [5.41, 5.74) is -0.604. The highest BCUT2D eigenvalue weighted by molar-refractivity contribution is 6.35. The zero-order valence-electron chi connectivity index (χ0n) is 9.58. The second-order valence-corrected chi connectivity index (χ2v) is 5.24. The molecule has 1 heterocycles. The Kier molecular flexibility index (Phi) is 4.12. The first-order valence-electron chi connectivity index (χ1n) is 5.53. The molecule has 1 saturated heterocycles. The zero-order valence-corrected chi connectivity index (χ0v) is 11.1.